The summed E-state index contributed by atoms with van der Waals surface area (Å²) in [5.41, 5.74) is 0.917. The van der Waals surface area contributed by atoms with E-state index in [1.165, 1.54) is 11.6 Å². The Balaban J connectivity index is 2.45. The van der Waals surface area contributed by atoms with E-state index in [-0.39, 0.29) is 17.9 Å². The van der Waals surface area contributed by atoms with Crippen molar-refractivity contribution in [3.63, 3.8) is 0 Å². The number of aromatic nitrogens is 2. The molecule has 1 aromatic heterocycles. The van der Waals surface area contributed by atoms with Crippen LogP contribution in [0.25, 0.3) is 5.69 Å². The largest absolute Gasteiger partial charge is 0.464 e. The van der Waals surface area contributed by atoms with E-state index in [0.717, 1.165) is 0 Å². The summed E-state index contributed by atoms with van der Waals surface area (Å²) in [5.74, 6) is -1.28. The number of hydrogen-bond acceptors (Lipinski definition) is 6. The van der Waals surface area contributed by atoms with Crippen LogP contribution in [-0.4, -0.2) is 33.8 Å². The summed E-state index contributed by atoms with van der Waals surface area (Å²) in [6.07, 6.45) is 0. The molecular formula is C17H20N4O4. The van der Waals surface area contributed by atoms with Gasteiger partial charge in [0.1, 0.15) is 0 Å². The molecule has 0 aliphatic carbocycles. The van der Waals surface area contributed by atoms with E-state index in [1.807, 2.05) is 18.2 Å². The number of rotatable bonds is 6. The van der Waals surface area contributed by atoms with Crippen LogP contribution in [0.2, 0.25) is 0 Å². The first-order valence-electron chi connectivity index (χ1n) is 7.80. The molecule has 0 aliphatic heterocycles. The molecule has 0 bridgehead atoms. The van der Waals surface area contributed by atoms with E-state index in [1.54, 1.807) is 37.7 Å². The number of azo groups is 1. The van der Waals surface area contributed by atoms with Crippen LogP contribution in [0.4, 0.5) is 5.69 Å². The average molecular weight is 344 g/mol. The zero-order chi connectivity index (χ0) is 18.6. The molecule has 0 spiro atoms. The minimum Gasteiger partial charge on any atom is -0.464 e. The van der Waals surface area contributed by atoms with Crippen molar-refractivity contribution in [3.05, 3.63) is 46.4 Å². The quantitative estimate of drug-likeness (QED) is 0.455. The number of carbonyl (C=O) groups excluding carboxylic acids is 2. The number of Topliss-reactive ketones (excluding diaryl/α,β-unsaturated/α-hetero) is 1. The van der Waals surface area contributed by atoms with Crippen LogP contribution in [-0.2, 0) is 21.4 Å². The van der Waals surface area contributed by atoms with E-state index in [9.17, 15) is 14.4 Å². The van der Waals surface area contributed by atoms with Gasteiger partial charge in [-0.25, -0.2) is 9.48 Å². The van der Waals surface area contributed by atoms with Gasteiger partial charge in [-0.1, -0.05) is 18.2 Å². The maximum atomic E-state index is 12.7. The fraction of sp³-hybridized carbons (Fsp3) is 0.353. The Hall–Kier alpha value is -3.03. The summed E-state index contributed by atoms with van der Waals surface area (Å²) in [5, 5.41) is 7.64. The first kappa shape index (κ1) is 18.3. The molecule has 0 aliphatic rings. The molecule has 0 saturated heterocycles. The number of esters is 1. The van der Waals surface area contributed by atoms with Gasteiger partial charge in [0.25, 0.3) is 5.56 Å². The van der Waals surface area contributed by atoms with Crippen LogP contribution >= 0.6 is 0 Å². The van der Waals surface area contributed by atoms with Gasteiger partial charge in [0.05, 0.1) is 18.0 Å². The Bertz CT molecular complexity index is 865. The third-order valence-electron chi connectivity index (χ3n) is 3.69. The summed E-state index contributed by atoms with van der Waals surface area (Å²) in [6.45, 7) is 4.69. The Labute approximate surface area is 144 Å². The van der Waals surface area contributed by atoms with E-state index in [4.69, 9.17) is 4.74 Å². The van der Waals surface area contributed by atoms with E-state index < -0.39 is 17.8 Å². The molecule has 0 amide bonds. The summed E-state index contributed by atoms with van der Waals surface area (Å²) in [4.78, 5) is 36.1. The van der Waals surface area contributed by atoms with Crippen LogP contribution in [0.1, 0.15) is 19.5 Å². The molecule has 8 heteroatoms. The summed E-state index contributed by atoms with van der Waals surface area (Å²) < 4.78 is 7.89. The van der Waals surface area contributed by atoms with Gasteiger partial charge < -0.3 is 4.74 Å². The van der Waals surface area contributed by atoms with Crippen molar-refractivity contribution in [2.45, 2.75) is 26.8 Å². The first-order chi connectivity index (χ1) is 11.9. The average Bonchev–Trinajstić information content (AvgIpc) is 2.79. The maximum absolute atomic E-state index is 12.7. The fourth-order valence-electron chi connectivity index (χ4n) is 2.30. The van der Waals surface area contributed by atoms with Gasteiger partial charge in [-0.2, -0.15) is 5.11 Å². The molecular weight excluding hydrogens is 324 g/mol. The lowest BCUT2D eigenvalue weighted by Gasteiger charge is -2.07. The molecule has 2 aromatic rings. The molecule has 0 saturated carbocycles. The van der Waals surface area contributed by atoms with Crippen molar-refractivity contribution in [3.8, 4) is 5.69 Å². The highest BCUT2D eigenvalue weighted by Gasteiger charge is 2.25. The van der Waals surface area contributed by atoms with Gasteiger partial charge in [-0.05, 0) is 32.9 Å². The molecule has 25 heavy (non-hydrogen) atoms. The number of hydrogen-bond donors (Lipinski definition) is 0. The minimum atomic E-state index is -1.37. The van der Waals surface area contributed by atoms with E-state index >= 15 is 0 Å². The highest BCUT2D eigenvalue weighted by Crippen LogP contribution is 2.17. The van der Waals surface area contributed by atoms with Crippen LogP contribution in [0, 0.1) is 6.92 Å². The molecule has 1 heterocycles. The lowest BCUT2D eigenvalue weighted by atomic mass is 10.2. The Morgan fingerprint density at radius 3 is 2.44 bits per heavy atom. The second-order valence-electron chi connectivity index (χ2n) is 5.39. The number of benzene rings is 1. The summed E-state index contributed by atoms with van der Waals surface area (Å²) in [7, 11) is 1.72. The van der Waals surface area contributed by atoms with Gasteiger partial charge >= 0.3 is 5.97 Å². The second-order valence-corrected chi connectivity index (χ2v) is 5.39. The fourth-order valence-corrected chi connectivity index (χ4v) is 2.30. The van der Waals surface area contributed by atoms with Gasteiger partial charge in [0, 0.05) is 7.05 Å². The Morgan fingerprint density at radius 1 is 1.24 bits per heavy atom. The summed E-state index contributed by atoms with van der Waals surface area (Å²) >= 11 is 0. The third kappa shape index (κ3) is 3.73. The van der Waals surface area contributed by atoms with Crippen LogP contribution < -0.4 is 5.56 Å². The Morgan fingerprint density at radius 2 is 1.88 bits per heavy atom. The van der Waals surface area contributed by atoms with Crippen molar-refractivity contribution in [2.24, 2.45) is 17.3 Å². The molecule has 1 unspecified atom stereocenters. The lowest BCUT2D eigenvalue weighted by Crippen LogP contribution is -2.28. The normalized spacial score (nSPS) is 12.3. The van der Waals surface area contributed by atoms with Crippen molar-refractivity contribution < 1.29 is 14.3 Å². The van der Waals surface area contributed by atoms with Crippen molar-refractivity contribution in [2.75, 3.05) is 6.61 Å². The topological polar surface area (TPSA) is 95.0 Å². The maximum Gasteiger partial charge on any atom is 0.340 e. The molecule has 0 N–H and O–H groups in total. The van der Waals surface area contributed by atoms with E-state index in [2.05, 4.69) is 10.2 Å². The van der Waals surface area contributed by atoms with E-state index in [0.29, 0.717) is 11.4 Å². The van der Waals surface area contributed by atoms with Crippen molar-refractivity contribution in [1.29, 1.82) is 0 Å². The number of ketones is 1. The molecule has 132 valence electrons. The van der Waals surface area contributed by atoms with Gasteiger partial charge in [-0.15, -0.1) is 5.11 Å². The zero-order valence-electron chi connectivity index (χ0n) is 14.6. The number of nitrogens with zero attached hydrogens (tertiary/aromatic N) is 4. The number of carbonyl (C=O) groups is 2. The molecule has 1 atom stereocenters. The first-order valence-corrected chi connectivity index (χ1v) is 7.80. The SMILES string of the molecule is CCOC(=O)C(N=Nc1c(C)n(C)n(-c2ccccc2)c1=O)C(C)=O. The Kier molecular flexibility index (Phi) is 5.63. The standard InChI is InChI=1S/C17H20N4O4/c1-5-25-17(24)15(12(3)22)19-18-14-11(2)20(4)21(16(14)23)13-9-7-6-8-10-13/h6-10,15H,5H2,1-4H3. The molecule has 1 aromatic carbocycles. The van der Waals surface area contributed by atoms with Crippen molar-refractivity contribution in [1.82, 2.24) is 9.36 Å². The van der Waals surface area contributed by atoms with Crippen molar-refractivity contribution >= 4 is 17.4 Å². The predicted octanol–water partition coefficient (Wildman–Crippen LogP) is 2.09. The number of ether oxygens (including phenoxy) is 1. The van der Waals surface area contributed by atoms with Gasteiger partial charge in [-0.3, -0.25) is 14.3 Å². The molecule has 0 fully saturated rings. The monoisotopic (exact) mass is 344 g/mol. The van der Waals surface area contributed by atoms with Crippen LogP contribution in [0.3, 0.4) is 0 Å². The smallest absolute Gasteiger partial charge is 0.340 e. The second kappa shape index (κ2) is 7.69. The van der Waals surface area contributed by atoms with Crippen LogP contribution in [0.5, 0.6) is 0 Å². The van der Waals surface area contributed by atoms with Crippen LogP contribution in [0.15, 0.2) is 45.4 Å². The number of para-hydroxylation sites is 1. The van der Waals surface area contributed by atoms with Gasteiger partial charge in [0.2, 0.25) is 6.04 Å². The summed E-state index contributed by atoms with van der Waals surface area (Å²) in [6, 6.07) is 7.69. The lowest BCUT2D eigenvalue weighted by molar-refractivity contribution is -0.147. The predicted molar refractivity (Wildman–Crippen MR) is 91.4 cm³/mol. The molecule has 8 nitrogen and oxygen atoms in total. The third-order valence-corrected chi connectivity index (χ3v) is 3.69. The highest BCUT2D eigenvalue weighted by atomic mass is 16.5. The molecule has 0 radical (unpaired) electrons. The minimum absolute atomic E-state index is 0.0712. The highest BCUT2D eigenvalue weighted by molar-refractivity contribution is 6.02. The van der Waals surface area contributed by atoms with Gasteiger partial charge in [0.15, 0.2) is 11.5 Å². The molecule has 2 rings (SSSR count). The zero-order valence-corrected chi connectivity index (χ0v) is 14.6.